The van der Waals surface area contributed by atoms with Gasteiger partial charge in [0.05, 0.1) is 0 Å². The van der Waals surface area contributed by atoms with Crippen LogP contribution in [0.25, 0.3) is 0 Å². The molecule has 0 bridgehead atoms. The van der Waals surface area contributed by atoms with Crippen LogP contribution in [0.15, 0.2) is 0 Å². The van der Waals surface area contributed by atoms with E-state index in [1.165, 1.54) is 58.2 Å². The third-order valence-corrected chi connectivity index (χ3v) is 3.82. The molecular formula is C14H30N2. The van der Waals surface area contributed by atoms with E-state index in [1.807, 2.05) is 0 Å². The van der Waals surface area contributed by atoms with E-state index in [9.17, 15) is 0 Å². The van der Waals surface area contributed by atoms with Crippen molar-refractivity contribution in [3.63, 3.8) is 0 Å². The minimum atomic E-state index is 0.695. The molecule has 1 saturated heterocycles. The maximum absolute atomic E-state index is 3.67. The van der Waals surface area contributed by atoms with E-state index in [1.54, 1.807) is 0 Å². The zero-order valence-corrected chi connectivity index (χ0v) is 11.5. The molecule has 96 valence electrons. The molecule has 1 N–H and O–H groups in total. The molecule has 1 fully saturated rings. The molecule has 1 aliphatic rings. The Morgan fingerprint density at radius 3 is 2.75 bits per heavy atom. The maximum atomic E-state index is 3.67. The molecular weight excluding hydrogens is 196 g/mol. The van der Waals surface area contributed by atoms with Crippen LogP contribution in [0.5, 0.6) is 0 Å². The molecule has 2 atom stereocenters. The van der Waals surface area contributed by atoms with E-state index in [0.717, 1.165) is 6.04 Å². The second kappa shape index (κ2) is 8.08. The predicted octanol–water partition coefficient (Wildman–Crippen LogP) is 3.03. The third kappa shape index (κ3) is 4.84. The average molecular weight is 226 g/mol. The van der Waals surface area contributed by atoms with Crippen molar-refractivity contribution in [1.82, 2.24) is 10.2 Å². The molecule has 0 aromatic carbocycles. The highest BCUT2D eigenvalue weighted by Crippen LogP contribution is 2.16. The molecule has 0 saturated carbocycles. The highest BCUT2D eigenvalue weighted by molar-refractivity contribution is 4.77. The number of hydrogen-bond acceptors (Lipinski definition) is 2. The SMILES string of the molecule is CCCNC(CC)CN1CCCCCC1C. The van der Waals surface area contributed by atoms with Crippen molar-refractivity contribution in [3.05, 3.63) is 0 Å². The number of nitrogens with one attached hydrogen (secondary N) is 1. The van der Waals surface area contributed by atoms with Crippen LogP contribution >= 0.6 is 0 Å². The van der Waals surface area contributed by atoms with Crippen molar-refractivity contribution < 1.29 is 0 Å². The third-order valence-electron chi connectivity index (χ3n) is 3.82. The summed E-state index contributed by atoms with van der Waals surface area (Å²) in [5.41, 5.74) is 0. The summed E-state index contributed by atoms with van der Waals surface area (Å²) in [5, 5.41) is 3.67. The lowest BCUT2D eigenvalue weighted by Crippen LogP contribution is -2.44. The standard InChI is InChI=1S/C14H30N2/c1-4-10-15-14(5-2)12-16-11-8-6-7-9-13(16)3/h13-15H,4-12H2,1-3H3. The molecule has 0 spiro atoms. The van der Waals surface area contributed by atoms with Crippen molar-refractivity contribution in [1.29, 1.82) is 0 Å². The zero-order chi connectivity index (χ0) is 11.8. The summed E-state index contributed by atoms with van der Waals surface area (Å²) in [4.78, 5) is 2.70. The topological polar surface area (TPSA) is 15.3 Å². The van der Waals surface area contributed by atoms with Gasteiger partial charge in [-0.15, -0.1) is 0 Å². The molecule has 1 aliphatic heterocycles. The van der Waals surface area contributed by atoms with Crippen LogP contribution in [0.4, 0.5) is 0 Å². The van der Waals surface area contributed by atoms with Gasteiger partial charge in [0.2, 0.25) is 0 Å². The van der Waals surface area contributed by atoms with Crippen LogP contribution in [0.2, 0.25) is 0 Å². The van der Waals surface area contributed by atoms with E-state index in [0.29, 0.717) is 6.04 Å². The molecule has 0 aromatic heterocycles. The molecule has 0 aromatic rings. The quantitative estimate of drug-likeness (QED) is 0.749. The Morgan fingerprint density at radius 2 is 2.06 bits per heavy atom. The Balaban J connectivity index is 2.35. The molecule has 0 amide bonds. The smallest absolute Gasteiger partial charge is 0.0192 e. The fourth-order valence-electron chi connectivity index (χ4n) is 2.58. The largest absolute Gasteiger partial charge is 0.313 e. The highest BCUT2D eigenvalue weighted by Gasteiger charge is 2.19. The number of hydrogen-bond donors (Lipinski definition) is 1. The first-order chi connectivity index (χ1) is 7.77. The summed E-state index contributed by atoms with van der Waals surface area (Å²) >= 11 is 0. The van der Waals surface area contributed by atoms with E-state index in [-0.39, 0.29) is 0 Å². The molecule has 2 unspecified atom stereocenters. The van der Waals surface area contributed by atoms with Crippen molar-refractivity contribution in [2.75, 3.05) is 19.6 Å². The van der Waals surface area contributed by atoms with Gasteiger partial charge in [-0.25, -0.2) is 0 Å². The van der Waals surface area contributed by atoms with Gasteiger partial charge in [0.15, 0.2) is 0 Å². The molecule has 2 heteroatoms. The van der Waals surface area contributed by atoms with Crippen LogP contribution in [0.1, 0.15) is 59.3 Å². The minimum Gasteiger partial charge on any atom is -0.313 e. The molecule has 0 aliphatic carbocycles. The summed E-state index contributed by atoms with van der Waals surface area (Å²) in [6.07, 6.45) is 8.14. The summed E-state index contributed by atoms with van der Waals surface area (Å²) in [5.74, 6) is 0. The van der Waals surface area contributed by atoms with Gasteiger partial charge in [0.1, 0.15) is 0 Å². The van der Waals surface area contributed by atoms with Gasteiger partial charge in [-0.1, -0.05) is 26.7 Å². The lowest BCUT2D eigenvalue weighted by Gasteiger charge is -2.31. The number of likely N-dealkylation sites (tertiary alicyclic amines) is 1. The Hall–Kier alpha value is -0.0800. The minimum absolute atomic E-state index is 0.695. The summed E-state index contributed by atoms with van der Waals surface area (Å²) in [7, 11) is 0. The summed E-state index contributed by atoms with van der Waals surface area (Å²) < 4.78 is 0. The zero-order valence-electron chi connectivity index (χ0n) is 11.5. The first kappa shape index (κ1) is 14.0. The monoisotopic (exact) mass is 226 g/mol. The van der Waals surface area contributed by atoms with Gasteiger partial charge in [-0.05, 0) is 45.7 Å². The van der Waals surface area contributed by atoms with Gasteiger partial charge >= 0.3 is 0 Å². The van der Waals surface area contributed by atoms with Crippen molar-refractivity contribution >= 4 is 0 Å². The lowest BCUT2D eigenvalue weighted by atomic mass is 10.1. The van der Waals surface area contributed by atoms with Crippen molar-refractivity contribution in [2.45, 2.75) is 71.4 Å². The van der Waals surface area contributed by atoms with Gasteiger partial charge in [0.25, 0.3) is 0 Å². The van der Waals surface area contributed by atoms with Gasteiger partial charge < -0.3 is 5.32 Å². The molecule has 2 nitrogen and oxygen atoms in total. The predicted molar refractivity (Wildman–Crippen MR) is 71.9 cm³/mol. The van der Waals surface area contributed by atoms with Crippen LogP contribution in [-0.2, 0) is 0 Å². The van der Waals surface area contributed by atoms with Crippen LogP contribution < -0.4 is 5.32 Å². The molecule has 16 heavy (non-hydrogen) atoms. The average Bonchev–Trinajstić information content (AvgIpc) is 2.50. The molecule has 1 heterocycles. The van der Waals surface area contributed by atoms with Crippen LogP contribution in [-0.4, -0.2) is 36.6 Å². The van der Waals surface area contributed by atoms with Crippen molar-refractivity contribution in [3.8, 4) is 0 Å². The number of nitrogens with zero attached hydrogens (tertiary/aromatic N) is 1. The Kier molecular flexibility index (Phi) is 7.06. The van der Waals surface area contributed by atoms with Gasteiger partial charge in [-0.3, -0.25) is 4.90 Å². The fourth-order valence-corrected chi connectivity index (χ4v) is 2.58. The maximum Gasteiger partial charge on any atom is 0.0192 e. The lowest BCUT2D eigenvalue weighted by molar-refractivity contribution is 0.188. The van der Waals surface area contributed by atoms with E-state index >= 15 is 0 Å². The highest BCUT2D eigenvalue weighted by atomic mass is 15.2. The van der Waals surface area contributed by atoms with E-state index < -0.39 is 0 Å². The Morgan fingerprint density at radius 1 is 1.25 bits per heavy atom. The van der Waals surface area contributed by atoms with Gasteiger partial charge in [0, 0.05) is 18.6 Å². The van der Waals surface area contributed by atoms with Gasteiger partial charge in [-0.2, -0.15) is 0 Å². The van der Waals surface area contributed by atoms with Crippen molar-refractivity contribution in [2.24, 2.45) is 0 Å². The Bertz CT molecular complexity index is 170. The first-order valence-electron chi connectivity index (χ1n) is 7.25. The van der Waals surface area contributed by atoms with E-state index in [4.69, 9.17) is 0 Å². The first-order valence-corrected chi connectivity index (χ1v) is 7.25. The van der Waals surface area contributed by atoms with Crippen LogP contribution in [0, 0.1) is 0 Å². The molecule has 1 rings (SSSR count). The molecule has 0 radical (unpaired) electrons. The Labute approximate surface area is 102 Å². The fraction of sp³-hybridized carbons (Fsp3) is 1.00. The summed E-state index contributed by atoms with van der Waals surface area (Å²) in [6.45, 7) is 10.7. The second-order valence-electron chi connectivity index (χ2n) is 5.25. The second-order valence-corrected chi connectivity index (χ2v) is 5.25. The normalized spacial score (nSPS) is 25.3. The van der Waals surface area contributed by atoms with Crippen LogP contribution in [0.3, 0.4) is 0 Å². The summed E-state index contributed by atoms with van der Waals surface area (Å²) in [6, 6.07) is 1.49. The van der Waals surface area contributed by atoms with E-state index in [2.05, 4.69) is 31.0 Å². The number of rotatable bonds is 6.